The van der Waals surface area contributed by atoms with E-state index in [1.807, 2.05) is 6.92 Å². The molecule has 1 amide bonds. The van der Waals surface area contributed by atoms with Gasteiger partial charge in [-0.15, -0.1) is 0 Å². The summed E-state index contributed by atoms with van der Waals surface area (Å²) in [6, 6.07) is 0. The van der Waals surface area contributed by atoms with Gasteiger partial charge in [-0.05, 0) is 32.1 Å². The third-order valence-corrected chi connectivity index (χ3v) is 3.58. The minimum absolute atomic E-state index is 0.166. The van der Waals surface area contributed by atoms with Crippen LogP contribution in [0.2, 0.25) is 0 Å². The van der Waals surface area contributed by atoms with E-state index in [1.165, 1.54) is 0 Å². The van der Waals surface area contributed by atoms with Gasteiger partial charge in [0.15, 0.2) is 0 Å². The van der Waals surface area contributed by atoms with Crippen molar-refractivity contribution in [2.45, 2.75) is 26.2 Å². The fraction of sp³-hybridized carbons (Fsp3) is 0.800. The normalized spacial score (nSPS) is 36.2. The Bertz CT molecular complexity index is 289. The second-order valence-corrected chi connectivity index (χ2v) is 4.34. The number of fused-ring (bicyclic) bond motifs is 2. The molecule has 1 saturated heterocycles. The Morgan fingerprint density at radius 3 is 3.00 bits per heavy atom. The summed E-state index contributed by atoms with van der Waals surface area (Å²) >= 11 is 0. The average Bonchev–Trinajstić information content (AvgIpc) is 2.53. The van der Waals surface area contributed by atoms with Gasteiger partial charge in [-0.1, -0.05) is 0 Å². The van der Waals surface area contributed by atoms with Crippen LogP contribution in [0.4, 0.5) is 0 Å². The van der Waals surface area contributed by atoms with Crippen molar-refractivity contribution in [3.63, 3.8) is 0 Å². The Morgan fingerprint density at radius 2 is 2.43 bits per heavy atom. The van der Waals surface area contributed by atoms with Crippen molar-refractivity contribution in [3.05, 3.63) is 0 Å². The zero-order valence-corrected chi connectivity index (χ0v) is 8.32. The van der Waals surface area contributed by atoms with Crippen molar-refractivity contribution in [1.29, 1.82) is 0 Å². The number of carbonyl (C=O) groups excluding carboxylic acids is 1. The zero-order valence-electron chi connectivity index (χ0n) is 8.32. The van der Waals surface area contributed by atoms with Gasteiger partial charge in [-0.2, -0.15) is 0 Å². The molecule has 1 N–H and O–H groups in total. The minimum atomic E-state index is -1.07. The summed E-state index contributed by atoms with van der Waals surface area (Å²) in [4.78, 5) is 24.8. The predicted molar refractivity (Wildman–Crippen MR) is 49.7 cm³/mol. The molecular formula is C10H15NO3. The quantitative estimate of drug-likeness (QED) is 0.663. The molecule has 1 aliphatic carbocycles. The summed E-state index contributed by atoms with van der Waals surface area (Å²) in [7, 11) is 0. The molecule has 2 bridgehead atoms. The van der Waals surface area contributed by atoms with Crippen LogP contribution in [0, 0.1) is 11.3 Å². The molecule has 2 unspecified atom stereocenters. The summed E-state index contributed by atoms with van der Waals surface area (Å²) in [6.07, 6.45) is 1.97. The van der Waals surface area contributed by atoms with E-state index in [9.17, 15) is 9.59 Å². The molecule has 1 aliphatic heterocycles. The second-order valence-electron chi connectivity index (χ2n) is 4.34. The van der Waals surface area contributed by atoms with E-state index >= 15 is 0 Å². The lowest BCUT2D eigenvalue weighted by molar-refractivity contribution is -0.163. The summed E-state index contributed by atoms with van der Waals surface area (Å²) < 4.78 is 0. The number of carboxylic acids is 1. The van der Waals surface area contributed by atoms with Gasteiger partial charge in [0.25, 0.3) is 0 Å². The van der Waals surface area contributed by atoms with Gasteiger partial charge < -0.3 is 10.0 Å². The van der Waals surface area contributed by atoms with E-state index in [2.05, 4.69) is 0 Å². The molecule has 1 saturated carbocycles. The van der Waals surface area contributed by atoms with Crippen LogP contribution in [0.1, 0.15) is 26.2 Å². The van der Waals surface area contributed by atoms with Gasteiger partial charge in [0.05, 0.1) is 0 Å². The van der Waals surface area contributed by atoms with Crippen LogP contribution >= 0.6 is 0 Å². The summed E-state index contributed by atoms with van der Waals surface area (Å²) in [5, 5.41) is 9.15. The van der Waals surface area contributed by atoms with Gasteiger partial charge in [0, 0.05) is 13.1 Å². The van der Waals surface area contributed by atoms with E-state index in [0.29, 0.717) is 25.3 Å². The number of rotatable bonds is 2. The van der Waals surface area contributed by atoms with Crippen molar-refractivity contribution in [1.82, 2.24) is 4.90 Å². The molecule has 14 heavy (non-hydrogen) atoms. The maximum absolute atomic E-state index is 11.9. The van der Waals surface area contributed by atoms with Gasteiger partial charge in [0.1, 0.15) is 5.41 Å². The van der Waals surface area contributed by atoms with Crippen LogP contribution in [-0.4, -0.2) is 35.0 Å². The lowest BCUT2D eigenvalue weighted by atomic mass is 9.81. The number of hydrogen-bond acceptors (Lipinski definition) is 2. The molecule has 2 fully saturated rings. The number of amides is 1. The highest BCUT2D eigenvalue weighted by atomic mass is 16.4. The van der Waals surface area contributed by atoms with Crippen LogP contribution in [0.15, 0.2) is 0 Å². The second kappa shape index (κ2) is 2.97. The summed E-state index contributed by atoms with van der Waals surface area (Å²) in [5.41, 5.74) is -1.07. The van der Waals surface area contributed by atoms with Crippen molar-refractivity contribution >= 4 is 11.9 Å². The summed E-state index contributed by atoms with van der Waals surface area (Å²) in [5.74, 6) is -0.687. The monoisotopic (exact) mass is 197 g/mol. The number of hydrogen-bond donors (Lipinski definition) is 1. The number of piperidine rings is 1. The van der Waals surface area contributed by atoms with E-state index < -0.39 is 11.4 Å². The van der Waals surface area contributed by atoms with E-state index in [-0.39, 0.29) is 5.91 Å². The molecule has 0 aromatic rings. The van der Waals surface area contributed by atoms with Gasteiger partial charge in [0.2, 0.25) is 5.91 Å². The maximum atomic E-state index is 11.9. The molecular weight excluding hydrogens is 182 g/mol. The first kappa shape index (κ1) is 9.49. The third kappa shape index (κ3) is 1.06. The Kier molecular flexibility index (Phi) is 2.01. The maximum Gasteiger partial charge on any atom is 0.319 e. The van der Waals surface area contributed by atoms with Crippen LogP contribution < -0.4 is 0 Å². The smallest absolute Gasteiger partial charge is 0.319 e. The Balaban J connectivity index is 2.33. The van der Waals surface area contributed by atoms with Crippen molar-refractivity contribution < 1.29 is 14.7 Å². The van der Waals surface area contributed by atoms with E-state index in [4.69, 9.17) is 5.11 Å². The topological polar surface area (TPSA) is 57.6 Å². The number of likely N-dealkylation sites (tertiary alicyclic amines) is 1. The van der Waals surface area contributed by atoms with Crippen LogP contribution in [-0.2, 0) is 9.59 Å². The van der Waals surface area contributed by atoms with Crippen LogP contribution in [0.25, 0.3) is 0 Å². The minimum Gasteiger partial charge on any atom is -0.480 e. The molecule has 0 aromatic carbocycles. The summed E-state index contributed by atoms with van der Waals surface area (Å²) in [6.45, 7) is 3.28. The van der Waals surface area contributed by atoms with Crippen LogP contribution in [0.3, 0.4) is 0 Å². The molecule has 0 radical (unpaired) electrons. The fourth-order valence-electron chi connectivity index (χ4n) is 2.75. The van der Waals surface area contributed by atoms with Crippen molar-refractivity contribution in [3.8, 4) is 0 Å². The molecule has 4 nitrogen and oxygen atoms in total. The molecule has 2 aliphatic rings. The van der Waals surface area contributed by atoms with Gasteiger partial charge in [-0.25, -0.2) is 0 Å². The van der Waals surface area contributed by atoms with E-state index in [0.717, 1.165) is 13.0 Å². The third-order valence-electron chi connectivity index (χ3n) is 3.58. The molecule has 1 heterocycles. The highest BCUT2D eigenvalue weighted by molar-refractivity contribution is 6.02. The van der Waals surface area contributed by atoms with Crippen molar-refractivity contribution in [2.24, 2.45) is 11.3 Å². The predicted octanol–water partition coefficient (Wildman–Crippen LogP) is 0.720. The SMILES string of the molecule is CCN1CC2CCC(C(=O)O)(C2)C1=O. The first-order valence-corrected chi connectivity index (χ1v) is 5.13. The highest BCUT2D eigenvalue weighted by Gasteiger charge is 2.56. The zero-order chi connectivity index (χ0) is 10.3. The first-order valence-electron chi connectivity index (χ1n) is 5.13. The molecule has 2 atom stereocenters. The van der Waals surface area contributed by atoms with E-state index in [1.54, 1.807) is 4.90 Å². The molecule has 78 valence electrons. The lowest BCUT2D eigenvalue weighted by Crippen LogP contribution is -2.51. The highest BCUT2D eigenvalue weighted by Crippen LogP contribution is 2.47. The molecule has 0 spiro atoms. The number of nitrogens with zero attached hydrogens (tertiary/aromatic N) is 1. The Hall–Kier alpha value is -1.06. The Morgan fingerprint density at radius 1 is 1.71 bits per heavy atom. The number of carbonyl (C=O) groups is 2. The van der Waals surface area contributed by atoms with Crippen LogP contribution in [0.5, 0.6) is 0 Å². The fourth-order valence-corrected chi connectivity index (χ4v) is 2.75. The first-order chi connectivity index (χ1) is 6.60. The largest absolute Gasteiger partial charge is 0.480 e. The number of carboxylic acid groups (broad SMARTS) is 1. The van der Waals surface area contributed by atoms with Crippen molar-refractivity contribution in [2.75, 3.05) is 13.1 Å². The number of aliphatic carboxylic acids is 1. The molecule has 0 aromatic heterocycles. The van der Waals surface area contributed by atoms with Gasteiger partial charge in [-0.3, -0.25) is 9.59 Å². The standard InChI is InChI=1S/C10H15NO3/c1-2-11-6-7-3-4-10(5-7,8(11)12)9(13)14/h7H,2-6H2,1H3,(H,13,14). The van der Waals surface area contributed by atoms with Gasteiger partial charge >= 0.3 is 5.97 Å². The molecule has 2 rings (SSSR count). The average molecular weight is 197 g/mol. The lowest BCUT2D eigenvalue weighted by Gasteiger charge is -2.36. The molecule has 4 heteroatoms. The Labute approximate surface area is 82.9 Å².